The zero-order valence-corrected chi connectivity index (χ0v) is 18.2. The van der Waals surface area contributed by atoms with Gasteiger partial charge in [0.05, 0.1) is 22.1 Å². The lowest BCUT2D eigenvalue weighted by atomic mass is 10.1. The second-order valence-corrected chi connectivity index (χ2v) is 10.3. The van der Waals surface area contributed by atoms with Crippen molar-refractivity contribution in [2.24, 2.45) is 5.92 Å². The van der Waals surface area contributed by atoms with Crippen LogP contribution in [0.4, 0.5) is 5.69 Å². The lowest BCUT2D eigenvalue weighted by molar-refractivity contribution is -0.123. The Balaban J connectivity index is 1.57. The van der Waals surface area contributed by atoms with Crippen LogP contribution in [0.2, 0.25) is 5.02 Å². The minimum atomic E-state index is -3.67. The molecule has 0 aromatic heterocycles. The first-order valence-electron chi connectivity index (χ1n) is 9.06. The molecule has 0 radical (unpaired) electrons. The third-order valence-electron chi connectivity index (χ3n) is 4.49. The van der Waals surface area contributed by atoms with Gasteiger partial charge in [-0.2, -0.15) is 0 Å². The summed E-state index contributed by atoms with van der Waals surface area (Å²) in [7, 11) is -3.67. The van der Waals surface area contributed by atoms with Crippen molar-refractivity contribution in [3.05, 3.63) is 53.1 Å². The highest BCUT2D eigenvalue weighted by atomic mass is 35.5. The maximum absolute atomic E-state index is 12.7. The van der Waals surface area contributed by atoms with E-state index >= 15 is 0 Å². The fraction of sp³-hybridized carbons (Fsp3) is 0.300. The average Bonchev–Trinajstić information content (AvgIpc) is 2.68. The number of fused-ring (bicyclic) bond motifs is 1. The molecule has 2 aromatic rings. The molecule has 0 saturated carbocycles. The van der Waals surface area contributed by atoms with E-state index in [4.69, 9.17) is 11.6 Å². The third kappa shape index (κ3) is 5.74. The van der Waals surface area contributed by atoms with Crippen molar-refractivity contribution in [1.82, 2.24) is 5.32 Å². The monoisotopic (exact) mass is 452 g/mol. The van der Waals surface area contributed by atoms with Gasteiger partial charge in [-0.25, -0.2) is 8.42 Å². The normalized spacial score (nSPS) is 14.6. The van der Waals surface area contributed by atoms with Gasteiger partial charge in [0.15, 0.2) is 9.84 Å². The molecule has 1 unspecified atom stereocenters. The Kier molecular flexibility index (Phi) is 6.87. The molecule has 1 heterocycles. The molecule has 154 valence electrons. The first-order valence-corrected chi connectivity index (χ1v) is 12.1. The maximum atomic E-state index is 12.7. The molecule has 1 aliphatic rings. The molecule has 2 N–H and O–H groups in total. The lowest BCUT2D eigenvalue weighted by Gasteiger charge is -2.18. The molecule has 2 aromatic carbocycles. The van der Waals surface area contributed by atoms with E-state index in [1.165, 1.54) is 23.9 Å². The van der Waals surface area contributed by atoms with Crippen LogP contribution in [0.1, 0.15) is 12.5 Å². The fourth-order valence-electron chi connectivity index (χ4n) is 2.91. The van der Waals surface area contributed by atoms with Crippen molar-refractivity contribution in [1.29, 1.82) is 0 Å². The number of carbonyl (C=O) groups is 2. The van der Waals surface area contributed by atoms with Crippen LogP contribution in [0.15, 0.2) is 52.3 Å². The molecule has 0 spiro atoms. The molecule has 0 saturated heterocycles. The number of rotatable bonds is 7. The summed E-state index contributed by atoms with van der Waals surface area (Å²) in [6.07, 6.45) is 0.630. The van der Waals surface area contributed by atoms with E-state index < -0.39 is 15.8 Å². The van der Waals surface area contributed by atoms with Gasteiger partial charge in [0, 0.05) is 22.4 Å². The van der Waals surface area contributed by atoms with Gasteiger partial charge in [-0.3, -0.25) is 9.59 Å². The molecule has 1 atom stereocenters. The molecule has 2 amide bonds. The molecule has 3 rings (SSSR count). The molecule has 9 heteroatoms. The van der Waals surface area contributed by atoms with E-state index in [0.29, 0.717) is 29.4 Å². The van der Waals surface area contributed by atoms with Crippen molar-refractivity contribution < 1.29 is 18.0 Å². The third-order valence-corrected chi connectivity index (χ3v) is 7.72. The van der Waals surface area contributed by atoms with E-state index in [9.17, 15) is 18.0 Å². The lowest BCUT2D eigenvalue weighted by Crippen LogP contribution is -2.34. The number of carbonyl (C=O) groups excluding carboxylic acids is 2. The quantitative estimate of drug-likeness (QED) is 0.673. The summed E-state index contributed by atoms with van der Waals surface area (Å²) in [6, 6.07) is 12.0. The number of sulfone groups is 1. The number of nitrogens with one attached hydrogen (secondary N) is 2. The molecular formula is C20H21ClN2O4S2. The summed E-state index contributed by atoms with van der Waals surface area (Å²) in [6.45, 7) is 2.00. The summed E-state index contributed by atoms with van der Waals surface area (Å²) in [4.78, 5) is 24.8. The van der Waals surface area contributed by atoms with Crippen molar-refractivity contribution in [3.63, 3.8) is 0 Å². The fourth-order valence-corrected chi connectivity index (χ4v) is 5.40. The number of benzene rings is 2. The van der Waals surface area contributed by atoms with Gasteiger partial charge >= 0.3 is 0 Å². The molecule has 6 nitrogen and oxygen atoms in total. The standard InChI is InChI=1S/C20H21ClN2O4S2/c1-13(20(25)22-9-8-14-2-4-15(21)5-3-14)12-29(26,27)16-6-7-18-17(10-16)23-19(24)11-28-18/h2-7,10,13H,8-9,11-12H2,1H3,(H,22,25)(H,23,24). The summed E-state index contributed by atoms with van der Waals surface area (Å²) in [5, 5.41) is 6.11. The van der Waals surface area contributed by atoms with Gasteiger partial charge in [-0.05, 0) is 42.3 Å². The van der Waals surface area contributed by atoms with E-state index in [2.05, 4.69) is 10.6 Å². The number of thioether (sulfide) groups is 1. The zero-order chi connectivity index (χ0) is 21.0. The summed E-state index contributed by atoms with van der Waals surface area (Å²) in [5.74, 6) is -1.17. The minimum absolute atomic E-state index is 0.0971. The summed E-state index contributed by atoms with van der Waals surface area (Å²) in [5.41, 5.74) is 1.52. The number of hydrogen-bond acceptors (Lipinski definition) is 5. The van der Waals surface area contributed by atoms with Crippen LogP contribution in [0.25, 0.3) is 0 Å². The number of anilines is 1. The number of halogens is 1. The van der Waals surface area contributed by atoms with Crippen molar-refractivity contribution in [3.8, 4) is 0 Å². The van der Waals surface area contributed by atoms with Crippen LogP contribution in [-0.4, -0.2) is 38.3 Å². The Hall–Kier alpha value is -2.03. The van der Waals surface area contributed by atoms with E-state index in [-0.39, 0.29) is 22.5 Å². The van der Waals surface area contributed by atoms with Crippen LogP contribution in [0.3, 0.4) is 0 Å². The second-order valence-electron chi connectivity index (χ2n) is 6.84. The molecule has 29 heavy (non-hydrogen) atoms. The molecule has 1 aliphatic heterocycles. The first-order chi connectivity index (χ1) is 13.7. The van der Waals surface area contributed by atoms with Crippen molar-refractivity contribution in [2.75, 3.05) is 23.4 Å². The minimum Gasteiger partial charge on any atom is -0.356 e. The van der Waals surface area contributed by atoms with Crippen LogP contribution < -0.4 is 10.6 Å². The van der Waals surface area contributed by atoms with Crippen LogP contribution >= 0.6 is 23.4 Å². The van der Waals surface area contributed by atoms with Gasteiger partial charge in [-0.1, -0.05) is 30.7 Å². The summed E-state index contributed by atoms with van der Waals surface area (Å²) >= 11 is 7.21. The predicted octanol–water partition coefficient (Wildman–Crippen LogP) is 3.15. The second kappa shape index (κ2) is 9.19. The van der Waals surface area contributed by atoms with Crippen LogP contribution in [0.5, 0.6) is 0 Å². The Morgan fingerprint density at radius 1 is 1.24 bits per heavy atom. The van der Waals surface area contributed by atoms with E-state index in [1.807, 2.05) is 12.1 Å². The predicted molar refractivity (Wildman–Crippen MR) is 115 cm³/mol. The average molecular weight is 453 g/mol. The van der Waals surface area contributed by atoms with E-state index in [0.717, 1.165) is 10.5 Å². The number of hydrogen-bond donors (Lipinski definition) is 2. The Bertz CT molecular complexity index is 1020. The Labute approximate surface area is 179 Å². The van der Waals surface area contributed by atoms with Crippen LogP contribution in [0, 0.1) is 5.92 Å². The SMILES string of the molecule is CC(CS(=O)(=O)c1ccc2c(c1)NC(=O)CS2)C(=O)NCCc1ccc(Cl)cc1. The highest BCUT2D eigenvalue weighted by molar-refractivity contribution is 8.00. The highest BCUT2D eigenvalue weighted by Crippen LogP contribution is 2.33. The Morgan fingerprint density at radius 2 is 1.97 bits per heavy atom. The zero-order valence-electron chi connectivity index (χ0n) is 15.8. The Morgan fingerprint density at radius 3 is 2.69 bits per heavy atom. The molecular weight excluding hydrogens is 432 g/mol. The van der Waals surface area contributed by atoms with Gasteiger partial charge in [0.25, 0.3) is 0 Å². The van der Waals surface area contributed by atoms with Gasteiger partial charge in [0.2, 0.25) is 11.8 Å². The van der Waals surface area contributed by atoms with Gasteiger partial charge in [-0.15, -0.1) is 11.8 Å². The van der Waals surface area contributed by atoms with Crippen LogP contribution in [-0.2, 0) is 25.8 Å². The first kappa shape index (κ1) is 21.7. The van der Waals surface area contributed by atoms with Gasteiger partial charge in [0.1, 0.15) is 0 Å². The maximum Gasteiger partial charge on any atom is 0.234 e. The topological polar surface area (TPSA) is 92.3 Å². The van der Waals surface area contributed by atoms with E-state index in [1.54, 1.807) is 25.1 Å². The number of amides is 2. The smallest absolute Gasteiger partial charge is 0.234 e. The molecule has 0 aliphatic carbocycles. The summed E-state index contributed by atoms with van der Waals surface area (Å²) < 4.78 is 25.5. The van der Waals surface area contributed by atoms with Crippen molar-refractivity contribution in [2.45, 2.75) is 23.1 Å². The largest absolute Gasteiger partial charge is 0.356 e. The molecule has 0 fully saturated rings. The highest BCUT2D eigenvalue weighted by Gasteiger charge is 2.25. The van der Waals surface area contributed by atoms with Gasteiger partial charge < -0.3 is 10.6 Å². The van der Waals surface area contributed by atoms with Crippen molar-refractivity contribution >= 4 is 50.7 Å². The molecule has 0 bridgehead atoms.